The maximum absolute atomic E-state index is 9.58. The van der Waals surface area contributed by atoms with E-state index in [1.807, 2.05) is 6.92 Å². The first-order valence-corrected chi connectivity index (χ1v) is 5.57. The minimum Gasteiger partial charge on any atom is -0.389 e. The van der Waals surface area contributed by atoms with Crippen molar-refractivity contribution in [3.8, 4) is 0 Å². The topological polar surface area (TPSA) is 32.7 Å². The van der Waals surface area contributed by atoms with Crippen molar-refractivity contribution in [3.05, 3.63) is 0 Å². The molecule has 0 saturated heterocycles. The SMILES string of the molecule is CCOCC(O)CN(C)CC1CC1C. The second-order valence-corrected chi connectivity index (χ2v) is 4.51. The van der Waals surface area contributed by atoms with Crippen molar-refractivity contribution in [1.82, 2.24) is 4.90 Å². The van der Waals surface area contributed by atoms with Crippen molar-refractivity contribution in [2.45, 2.75) is 26.4 Å². The fourth-order valence-corrected chi connectivity index (χ4v) is 1.79. The minimum atomic E-state index is -0.339. The first-order valence-electron chi connectivity index (χ1n) is 5.57. The third kappa shape index (κ3) is 4.40. The second kappa shape index (κ2) is 5.69. The van der Waals surface area contributed by atoms with Crippen LogP contribution in [0.15, 0.2) is 0 Å². The Hall–Kier alpha value is -0.120. The highest BCUT2D eigenvalue weighted by Crippen LogP contribution is 2.37. The van der Waals surface area contributed by atoms with Crippen LogP contribution in [0.25, 0.3) is 0 Å². The summed E-state index contributed by atoms with van der Waals surface area (Å²) in [5, 5.41) is 9.58. The Labute approximate surface area is 87.1 Å². The minimum absolute atomic E-state index is 0.339. The van der Waals surface area contributed by atoms with Crippen molar-refractivity contribution >= 4 is 0 Å². The predicted molar refractivity (Wildman–Crippen MR) is 57.3 cm³/mol. The molecule has 0 radical (unpaired) electrons. The molecule has 3 atom stereocenters. The molecule has 0 aromatic heterocycles. The summed E-state index contributed by atoms with van der Waals surface area (Å²) >= 11 is 0. The molecule has 0 aromatic rings. The monoisotopic (exact) mass is 201 g/mol. The molecule has 0 aromatic carbocycles. The molecule has 1 saturated carbocycles. The number of ether oxygens (including phenoxy) is 1. The van der Waals surface area contributed by atoms with E-state index in [-0.39, 0.29) is 6.10 Å². The van der Waals surface area contributed by atoms with Gasteiger partial charge >= 0.3 is 0 Å². The zero-order chi connectivity index (χ0) is 10.6. The summed E-state index contributed by atoms with van der Waals surface area (Å²) in [5.74, 6) is 1.75. The number of aliphatic hydroxyl groups is 1. The van der Waals surface area contributed by atoms with Gasteiger partial charge in [0.15, 0.2) is 0 Å². The Morgan fingerprint density at radius 1 is 1.57 bits per heavy atom. The Morgan fingerprint density at radius 3 is 2.71 bits per heavy atom. The van der Waals surface area contributed by atoms with Gasteiger partial charge in [-0.2, -0.15) is 0 Å². The van der Waals surface area contributed by atoms with Gasteiger partial charge in [-0.1, -0.05) is 6.92 Å². The van der Waals surface area contributed by atoms with Gasteiger partial charge in [-0.3, -0.25) is 0 Å². The molecule has 14 heavy (non-hydrogen) atoms. The summed E-state index contributed by atoms with van der Waals surface area (Å²) in [5.41, 5.74) is 0. The number of nitrogens with zero attached hydrogens (tertiary/aromatic N) is 1. The molecule has 1 fully saturated rings. The highest BCUT2D eigenvalue weighted by atomic mass is 16.5. The van der Waals surface area contributed by atoms with E-state index in [2.05, 4.69) is 18.9 Å². The number of aliphatic hydroxyl groups excluding tert-OH is 1. The Bertz CT molecular complexity index is 163. The fourth-order valence-electron chi connectivity index (χ4n) is 1.79. The van der Waals surface area contributed by atoms with Crippen LogP contribution in [0.1, 0.15) is 20.3 Å². The molecule has 1 aliphatic carbocycles. The summed E-state index contributed by atoms with van der Waals surface area (Å²) < 4.78 is 5.16. The molecule has 0 heterocycles. The molecule has 0 spiro atoms. The van der Waals surface area contributed by atoms with Crippen LogP contribution in [-0.4, -0.2) is 49.5 Å². The molecular weight excluding hydrogens is 178 g/mol. The van der Waals surface area contributed by atoms with Gasteiger partial charge in [-0.25, -0.2) is 0 Å². The van der Waals surface area contributed by atoms with Crippen LogP contribution < -0.4 is 0 Å². The van der Waals surface area contributed by atoms with Crippen molar-refractivity contribution < 1.29 is 9.84 Å². The number of hydrogen-bond donors (Lipinski definition) is 1. The van der Waals surface area contributed by atoms with E-state index in [0.29, 0.717) is 13.2 Å². The molecule has 0 bridgehead atoms. The molecule has 0 amide bonds. The summed E-state index contributed by atoms with van der Waals surface area (Å²) in [6.07, 6.45) is 1.01. The molecule has 1 aliphatic rings. The van der Waals surface area contributed by atoms with E-state index < -0.39 is 0 Å². The van der Waals surface area contributed by atoms with E-state index in [1.165, 1.54) is 6.42 Å². The molecule has 3 heteroatoms. The highest BCUT2D eigenvalue weighted by molar-refractivity contribution is 4.84. The maximum Gasteiger partial charge on any atom is 0.0900 e. The second-order valence-electron chi connectivity index (χ2n) is 4.51. The largest absolute Gasteiger partial charge is 0.389 e. The Balaban J connectivity index is 2.03. The molecular formula is C11H23NO2. The quantitative estimate of drug-likeness (QED) is 0.666. The van der Waals surface area contributed by atoms with Crippen LogP contribution in [0.5, 0.6) is 0 Å². The standard InChI is InChI=1S/C11H23NO2/c1-4-14-8-11(13)7-12(3)6-10-5-9(10)2/h9-11,13H,4-8H2,1-3H3. The lowest BCUT2D eigenvalue weighted by molar-refractivity contribution is 0.0248. The van der Waals surface area contributed by atoms with Gasteiger partial charge in [0.25, 0.3) is 0 Å². The third-order valence-electron chi connectivity index (χ3n) is 2.86. The molecule has 1 rings (SSSR count). The zero-order valence-corrected chi connectivity index (χ0v) is 9.57. The lowest BCUT2D eigenvalue weighted by atomic mass is 10.3. The van der Waals surface area contributed by atoms with E-state index >= 15 is 0 Å². The van der Waals surface area contributed by atoms with Crippen LogP contribution in [0.3, 0.4) is 0 Å². The summed E-state index contributed by atoms with van der Waals surface area (Å²) in [7, 11) is 2.07. The first kappa shape index (κ1) is 12.0. The first-order chi connectivity index (χ1) is 6.63. The van der Waals surface area contributed by atoms with E-state index in [0.717, 1.165) is 24.9 Å². The molecule has 84 valence electrons. The fraction of sp³-hybridized carbons (Fsp3) is 1.00. The van der Waals surface area contributed by atoms with Gasteiger partial charge in [0.05, 0.1) is 12.7 Å². The maximum atomic E-state index is 9.58. The third-order valence-corrected chi connectivity index (χ3v) is 2.86. The lowest BCUT2D eigenvalue weighted by Gasteiger charge is -2.20. The van der Waals surface area contributed by atoms with Crippen molar-refractivity contribution in [1.29, 1.82) is 0 Å². The number of hydrogen-bond acceptors (Lipinski definition) is 3. The average molecular weight is 201 g/mol. The van der Waals surface area contributed by atoms with Crippen molar-refractivity contribution in [2.24, 2.45) is 11.8 Å². The summed E-state index contributed by atoms with van der Waals surface area (Å²) in [4.78, 5) is 2.21. The normalized spacial score (nSPS) is 28.1. The molecule has 0 aliphatic heterocycles. The average Bonchev–Trinajstić information content (AvgIpc) is 2.77. The van der Waals surface area contributed by atoms with Crippen molar-refractivity contribution in [3.63, 3.8) is 0 Å². The van der Waals surface area contributed by atoms with Gasteiger partial charge in [0, 0.05) is 19.7 Å². The molecule has 1 N–H and O–H groups in total. The summed E-state index contributed by atoms with van der Waals surface area (Å²) in [6.45, 7) is 7.21. The number of rotatable bonds is 7. The van der Waals surface area contributed by atoms with Crippen molar-refractivity contribution in [2.75, 3.05) is 33.4 Å². The van der Waals surface area contributed by atoms with E-state index in [9.17, 15) is 5.11 Å². The summed E-state index contributed by atoms with van der Waals surface area (Å²) in [6, 6.07) is 0. The van der Waals surface area contributed by atoms with Crippen LogP contribution in [0.2, 0.25) is 0 Å². The molecule has 3 unspecified atom stereocenters. The van der Waals surface area contributed by atoms with E-state index in [1.54, 1.807) is 0 Å². The Kier molecular flexibility index (Phi) is 4.85. The van der Waals surface area contributed by atoms with Crippen LogP contribution >= 0.6 is 0 Å². The van der Waals surface area contributed by atoms with Gasteiger partial charge in [0.2, 0.25) is 0 Å². The van der Waals surface area contributed by atoms with Gasteiger partial charge in [0.1, 0.15) is 0 Å². The number of likely N-dealkylation sites (N-methyl/N-ethyl adjacent to an activating group) is 1. The molecule has 3 nitrogen and oxygen atoms in total. The lowest BCUT2D eigenvalue weighted by Crippen LogP contribution is -2.33. The van der Waals surface area contributed by atoms with Gasteiger partial charge < -0.3 is 14.7 Å². The van der Waals surface area contributed by atoms with Crippen LogP contribution in [0.4, 0.5) is 0 Å². The smallest absolute Gasteiger partial charge is 0.0900 e. The van der Waals surface area contributed by atoms with Gasteiger partial charge in [-0.05, 0) is 32.2 Å². The zero-order valence-electron chi connectivity index (χ0n) is 9.57. The van der Waals surface area contributed by atoms with E-state index in [4.69, 9.17) is 4.74 Å². The Morgan fingerprint density at radius 2 is 2.21 bits per heavy atom. The highest BCUT2D eigenvalue weighted by Gasteiger charge is 2.33. The predicted octanol–water partition coefficient (Wildman–Crippen LogP) is 0.972. The van der Waals surface area contributed by atoms with Gasteiger partial charge in [-0.15, -0.1) is 0 Å². The van der Waals surface area contributed by atoms with Crippen LogP contribution in [0, 0.1) is 11.8 Å². The van der Waals surface area contributed by atoms with Crippen LogP contribution in [-0.2, 0) is 4.74 Å².